The van der Waals surface area contributed by atoms with E-state index in [1.807, 2.05) is 19.9 Å². The van der Waals surface area contributed by atoms with Gasteiger partial charge in [0, 0.05) is 0 Å². The molecule has 0 bridgehead atoms. The van der Waals surface area contributed by atoms with Crippen molar-refractivity contribution >= 4 is 0 Å². The molecule has 0 aromatic heterocycles. The minimum atomic E-state index is -0.577. The molecule has 0 spiro atoms. The summed E-state index contributed by atoms with van der Waals surface area (Å²) in [5.41, 5.74) is 0.614. The summed E-state index contributed by atoms with van der Waals surface area (Å²) in [6.45, 7) is 7.78. The van der Waals surface area contributed by atoms with Crippen molar-refractivity contribution in [3.8, 4) is 0 Å². The van der Waals surface area contributed by atoms with Gasteiger partial charge in [-0.2, -0.15) is 0 Å². The molecule has 0 aliphatic heterocycles. The molecule has 0 heterocycles. The Morgan fingerprint density at radius 3 is 2.73 bits per heavy atom. The molecule has 0 radical (unpaired) electrons. The van der Waals surface area contributed by atoms with E-state index in [1.54, 1.807) is 0 Å². The predicted molar refractivity (Wildman–Crippen MR) is 47.3 cm³/mol. The summed E-state index contributed by atoms with van der Waals surface area (Å²) in [4.78, 5) is 0. The standard InChI is InChI=1S/C10H16O/c1-8(2)9-4-6-10(3,11)7-5-9/h4,6,9,11H,1,5,7H2,2-3H3/t9-,10+/m0/s1. The van der Waals surface area contributed by atoms with Crippen molar-refractivity contribution in [3.05, 3.63) is 24.3 Å². The summed E-state index contributed by atoms with van der Waals surface area (Å²) >= 11 is 0. The van der Waals surface area contributed by atoms with E-state index in [0.717, 1.165) is 12.8 Å². The Balaban J connectivity index is 2.63. The summed E-state index contributed by atoms with van der Waals surface area (Å²) in [7, 11) is 0. The van der Waals surface area contributed by atoms with Crippen LogP contribution in [0.1, 0.15) is 26.7 Å². The molecule has 11 heavy (non-hydrogen) atoms. The van der Waals surface area contributed by atoms with Gasteiger partial charge in [-0.3, -0.25) is 0 Å². The van der Waals surface area contributed by atoms with Crippen molar-refractivity contribution in [2.75, 3.05) is 0 Å². The minimum absolute atomic E-state index is 0.482. The van der Waals surface area contributed by atoms with Gasteiger partial charge in [0.05, 0.1) is 5.60 Å². The summed E-state index contributed by atoms with van der Waals surface area (Å²) in [5.74, 6) is 0.482. The molecular formula is C10H16O. The van der Waals surface area contributed by atoms with Gasteiger partial charge < -0.3 is 5.11 Å². The van der Waals surface area contributed by atoms with Crippen molar-refractivity contribution in [1.82, 2.24) is 0 Å². The lowest BCUT2D eigenvalue weighted by Gasteiger charge is -2.27. The molecule has 0 saturated heterocycles. The molecule has 1 heteroatoms. The molecule has 0 aromatic carbocycles. The molecule has 1 aliphatic rings. The van der Waals surface area contributed by atoms with Crippen LogP contribution < -0.4 is 0 Å². The monoisotopic (exact) mass is 152 g/mol. The van der Waals surface area contributed by atoms with Crippen molar-refractivity contribution < 1.29 is 5.11 Å². The van der Waals surface area contributed by atoms with Gasteiger partial charge in [0.15, 0.2) is 0 Å². The fourth-order valence-electron chi connectivity index (χ4n) is 1.36. The number of hydrogen-bond donors (Lipinski definition) is 1. The fourth-order valence-corrected chi connectivity index (χ4v) is 1.36. The summed E-state index contributed by atoms with van der Waals surface area (Å²) < 4.78 is 0. The van der Waals surface area contributed by atoms with Gasteiger partial charge in [-0.1, -0.05) is 24.3 Å². The first kappa shape index (κ1) is 8.54. The molecule has 0 aromatic rings. The van der Waals surface area contributed by atoms with Gasteiger partial charge in [0.25, 0.3) is 0 Å². The second kappa shape index (κ2) is 2.82. The van der Waals surface area contributed by atoms with E-state index in [0.29, 0.717) is 5.92 Å². The van der Waals surface area contributed by atoms with E-state index in [4.69, 9.17) is 0 Å². The molecule has 62 valence electrons. The maximum Gasteiger partial charge on any atom is 0.0800 e. The number of aliphatic hydroxyl groups is 1. The van der Waals surface area contributed by atoms with E-state index in [1.165, 1.54) is 5.57 Å². The largest absolute Gasteiger partial charge is 0.386 e. The van der Waals surface area contributed by atoms with E-state index in [-0.39, 0.29) is 0 Å². The second-order valence-corrected chi connectivity index (χ2v) is 3.71. The Bertz CT molecular complexity index is 189. The van der Waals surface area contributed by atoms with Crippen LogP contribution in [0.25, 0.3) is 0 Å². The van der Waals surface area contributed by atoms with E-state index < -0.39 is 5.60 Å². The molecule has 1 aliphatic carbocycles. The highest BCUT2D eigenvalue weighted by Gasteiger charge is 2.23. The third-order valence-corrected chi connectivity index (χ3v) is 2.28. The molecule has 0 fully saturated rings. The molecule has 2 atom stereocenters. The van der Waals surface area contributed by atoms with Gasteiger partial charge in [0.1, 0.15) is 0 Å². The summed E-state index contributed by atoms with van der Waals surface area (Å²) in [5, 5.41) is 9.56. The van der Waals surface area contributed by atoms with Gasteiger partial charge >= 0.3 is 0 Å². The number of rotatable bonds is 1. The second-order valence-electron chi connectivity index (χ2n) is 3.71. The Morgan fingerprint density at radius 2 is 2.36 bits per heavy atom. The van der Waals surface area contributed by atoms with Crippen molar-refractivity contribution in [2.45, 2.75) is 32.3 Å². The van der Waals surface area contributed by atoms with Gasteiger partial charge in [-0.15, -0.1) is 0 Å². The normalized spacial score (nSPS) is 37.2. The zero-order chi connectivity index (χ0) is 8.48. The Hall–Kier alpha value is -0.560. The Morgan fingerprint density at radius 1 is 1.73 bits per heavy atom. The average Bonchev–Trinajstić information content (AvgIpc) is 1.86. The third-order valence-electron chi connectivity index (χ3n) is 2.28. The predicted octanol–water partition coefficient (Wildman–Crippen LogP) is 2.28. The van der Waals surface area contributed by atoms with Crippen LogP contribution in [-0.2, 0) is 0 Å². The Labute approximate surface area is 68.4 Å². The first-order chi connectivity index (χ1) is 5.01. The SMILES string of the molecule is C=C(C)[C@H]1C=C[C@@](C)(O)CC1. The molecule has 1 nitrogen and oxygen atoms in total. The molecule has 0 amide bonds. The maximum atomic E-state index is 9.56. The van der Waals surface area contributed by atoms with Crippen LogP contribution >= 0.6 is 0 Å². The molecule has 1 N–H and O–H groups in total. The lowest BCUT2D eigenvalue weighted by atomic mass is 9.84. The third kappa shape index (κ3) is 2.19. The van der Waals surface area contributed by atoms with Gasteiger partial charge in [-0.25, -0.2) is 0 Å². The van der Waals surface area contributed by atoms with E-state index in [2.05, 4.69) is 12.7 Å². The van der Waals surface area contributed by atoms with Gasteiger partial charge in [0.2, 0.25) is 0 Å². The van der Waals surface area contributed by atoms with Crippen LogP contribution in [-0.4, -0.2) is 10.7 Å². The molecule has 1 rings (SSSR count). The van der Waals surface area contributed by atoms with Crippen LogP contribution in [0, 0.1) is 5.92 Å². The maximum absolute atomic E-state index is 9.56. The highest BCUT2D eigenvalue weighted by Crippen LogP contribution is 2.28. The van der Waals surface area contributed by atoms with Crippen molar-refractivity contribution in [3.63, 3.8) is 0 Å². The Kier molecular flexibility index (Phi) is 2.19. The van der Waals surface area contributed by atoms with Crippen LogP contribution in [0.3, 0.4) is 0 Å². The summed E-state index contributed by atoms with van der Waals surface area (Å²) in [6.07, 6.45) is 5.82. The smallest absolute Gasteiger partial charge is 0.0800 e. The first-order valence-electron chi connectivity index (χ1n) is 4.08. The lowest BCUT2D eigenvalue weighted by Crippen LogP contribution is -2.25. The molecule has 0 saturated carbocycles. The molecule has 0 unspecified atom stereocenters. The topological polar surface area (TPSA) is 20.2 Å². The zero-order valence-corrected chi connectivity index (χ0v) is 7.30. The van der Waals surface area contributed by atoms with Gasteiger partial charge in [-0.05, 0) is 32.6 Å². The minimum Gasteiger partial charge on any atom is -0.386 e. The molecular weight excluding hydrogens is 136 g/mol. The highest BCUT2D eigenvalue weighted by molar-refractivity contribution is 5.14. The van der Waals surface area contributed by atoms with Crippen molar-refractivity contribution in [1.29, 1.82) is 0 Å². The number of allylic oxidation sites excluding steroid dienone is 2. The quantitative estimate of drug-likeness (QED) is 0.571. The van der Waals surface area contributed by atoms with Crippen LogP contribution in [0.2, 0.25) is 0 Å². The highest BCUT2D eigenvalue weighted by atomic mass is 16.3. The number of hydrogen-bond acceptors (Lipinski definition) is 1. The van der Waals surface area contributed by atoms with Crippen molar-refractivity contribution in [2.24, 2.45) is 5.92 Å². The average molecular weight is 152 g/mol. The van der Waals surface area contributed by atoms with E-state index in [9.17, 15) is 5.11 Å². The van der Waals surface area contributed by atoms with Crippen LogP contribution in [0.5, 0.6) is 0 Å². The van der Waals surface area contributed by atoms with Crippen LogP contribution in [0.15, 0.2) is 24.3 Å². The zero-order valence-electron chi connectivity index (χ0n) is 7.30. The van der Waals surface area contributed by atoms with Crippen LogP contribution in [0.4, 0.5) is 0 Å². The fraction of sp³-hybridized carbons (Fsp3) is 0.600. The first-order valence-corrected chi connectivity index (χ1v) is 4.08. The van der Waals surface area contributed by atoms with E-state index >= 15 is 0 Å². The summed E-state index contributed by atoms with van der Waals surface area (Å²) in [6, 6.07) is 0. The lowest BCUT2D eigenvalue weighted by molar-refractivity contribution is 0.0903.